The summed E-state index contributed by atoms with van der Waals surface area (Å²) in [5.41, 5.74) is 4.39. The molecule has 0 bridgehead atoms. The summed E-state index contributed by atoms with van der Waals surface area (Å²) in [5.74, 6) is -0.236. The van der Waals surface area contributed by atoms with E-state index in [1.807, 2.05) is 30.3 Å². The van der Waals surface area contributed by atoms with Gasteiger partial charge in [0.25, 0.3) is 5.91 Å². The van der Waals surface area contributed by atoms with Gasteiger partial charge in [-0.25, -0.2) is 5.01 Å². The summed E-state index contributed by atoms with van der Waals surface area (Å²) in [6.07, 6.45) is 1.66. The van der Waals surface area contributed by atoms with E-state index < -0.39 is 0 Å². The highest BCUT2D eigenvalue weighted by atomic mass is 35.5. The van der Waals surface area contributed by atoms with Crippen LogP contribution in [0.25, 0.3) is 6.08 Å². The van der Waals surface area contributed by atoms with E-state index in [0.29, 0.717) is 24.8 Å². The largest absolute Gasteiger partial charge is 0.290 e. The number of anilines is 1. The highest BCUT2D eigenvalue weighted by Crippen LogP contribution is 2.35. The smallest absolute Gasteiger partial charge is 0.285 e. The van der Waals surface area contributed by atoms with Crippen LogP contribution < -0.4 is 5.43 Å². The van der Waals surface area contributed by atoms with E-state index in [2.05, 4.69) is 5.43 Å². The second-order valence-electron chi connectivity index (χ2n) is 4.63. The summed E-state index contributed by atoms with van der Waals surface area (Å²) < 4.78 is 0.424. The van der Waals surface area contributed by atoms with Crippen LogP contribution in [0.3, 0.4) is 0 Å². The molecule has 0 unspecified atom stereocenters. The van der Waals surface area contributed by atoms with Crippen molar-refractivity contribution >= 4 is 69.2 Å². The normalized spacial score (nSPS) is 16.3. The van der Waals surface area contributed by atoms with E-state index in [-0.39, 0.29) is 5.91 Å². The van der Waals surface area contributed by atoms with Crippen LogP contribution in [0, 0.1) is 0 Å². The van der Waals surface area contributed by atoms with E-state index in [1.165, 1.54) is 16.8 Å². The van der Waals surface area contributed by atoms with Gasteiger partial charge in [-0.2, -0.15) is 0 Å². The Bertz CT molecular complexity index is 789. The van der Waals surface area contributed by atoms with Crippen LogP contribution in [0.2, 0.25) is 10.0 Å². The van der Waals surface area contributed by atoms with Crippen LogP contribution in [0.4, 0.5) is 5.69 Å². The summed E-state index contributed by atoms with van der Waals surface area (Å²) >= 11 is 18.8. The van der Waals surface area contributed by atoms with Crippen LogP contribution in [0.1, 0.15) is 5.56 Å². The van der Waals surface area contributed by atoms with Gasteiger partial charge in [0.15, 0.2) is 4.32 Å². The highest BCUT2D eigenvalue weighted by Gasteiger charge is 2.32. The van der Waals surface area contributed by atoms with E-state index in [0.717, 1.165) is 5.69 Å². The predicted molar refractivity (Wildman–Crippen MR) is 102 cm³/mol. The minimum Gasteiger partial charge on any atom is -0.290 e. The minimum atomic E-state index is -0.236. The number of nitrogens with zero attached hydrogens (tertiary/aromatic N) is 1. The molecular formula is C16H10Cl2N2OS2. The molecular weight excluding hydrogens is 371 g/mol. The fourth-order valence-electron chi connectivity index (χ4n) is 1.99. The van der Waals surface area contributed by atoms with Crippen molar-refractivity contribution in [2.75, 3.05) is 5.43 Å². The first-order chi connectivity index (χ1) is 11.1. The Balaban J connectivity index is 1.88. The van der Waals surface area contributed by atoms with Crippen LogP contribution >= 0.6 is 47.2 Å². The van der Waals surface area contributed by atoms with Gasteiger partial charge in [0.05, 0.1) is 10.6 Å². The third-order valence-electron chi connectivity index (χ3n) is 3.08. The molecule has 116 valence electrons. The van der Waals surface area contributed by atoms with Gasteiger partial charge in [-0.3, -0.25) is 10.2 Å². The number of hydrazine groups is 1. The van der Waals surface area contributed by atoms with Gasteiger partial charge in [0, 0.05) is 15.6 Å². The molecule has 7 heteroatoms. The molecule has 0 aromatic heterocycles. The van der Waals surface area contributed by atoms with Crippen molar-refractivity contribution in [1.29, 1.82) is 0 Å². The molecule has 0 saturated carbocycles. The van der Waals surface area contributed by atoms with Crippen LogP contribution in [-0.4, -0.2) is 15.2 Å². The van der Waals surface area contributed by atoms with Crippen molar-refractivity contribution < 1.29 is 4.79 Å². The fraction of sp³-hybridized carbons (Fsp3) is 0. The van der Waals surface area contributed by atoms with Crippen LogP contribution in [-0.2, 0) is 4.79 Å². The number of thiocarbonyl (C=S) groups is 1. The van der Waals surface area contributed by atoms with Gasteiger partial charge in [0.2, 0.25) is 0 Å². The summed E-state index contributed by atoms with van der Waals surface area (Å²) in [4.78, 5) is 13.0. The molecule has 1 N–H and O–H groups in total. The average Bonchev–Trinajstić information content (AvgIpc) is 2.80. The topological polar surface area (TPSA) is 32.3 Å². The number of carbonyl (C=O) groups excluding carboxylic acids is 1. The van der Waals surface area contributed by atoms with Gasteiger partial charge >= 0.3 is 0 Å². The lowest BCUT2D eigenvalue weighted by molar-refractivity contribution is -0.121. The molecule has 0 radical (unpaired) electrons. The molecule has 0 atom stereocenters. The third-order valence-corrected chi connectivity index (χ3v) is 5.04. The van der Waals surface area contributed by atoms with Gasteiger partial charge in [-0.15, -0.1) is 0 Å². The second kappa shape index (κ2) is 6.93. The van der Waals surface area contributed by atoms with Crippen molar-refractivity contribution in [3.63, 3.8) is 0 Å². The molecule has 1 saturated heterocycles. The molecule has 1 fully saturated rings. The minimum absolute atomic E-state index is 0.236. The Morgan fingerprint density at radius 1 is 1.04 bits per heavy atom. The molecule has 0 aliphatic carbocycles. The van der Waals surface area contributed by atoms with Crippen molar-refractivity contribution in [2.45, 2.75) is 0 Å². The molecule has 2 aromatic carbocycles. The zero-order valence-corrected chi connectivity index (χ0v) is 14.8. The zero-order chi connectivity index (χ0) is 16.4. The second-order valence-corrected chi connectivity index (χ2v) is 7.12. The van der Waals surface area contributed by atoms with Gasteiger partial charge in [0.1, 0.15) is 0 Å². The number of thioether (sulfide) groups is 1. The molecule has 1 amide bonds. The molecule has 23 heavy (non-hydrogen) atoms. The first-order valence-electron chi connectivity index (χ1n) is 6.60. The number of amides is 1. The lowest BCUT2D eigenvalue weighted by Crippen LogP contribution is -2.33. The maximum atomic E-state index is 12.5. The number of benzene rings is 2. The number of hydrogen-bond donors (Lipinski definition) is 1. The highest BCUT2D eigenvalue weighted by molar-refractivity contribution is 8.26. The Kier molecular flexibility index (Phi) is 4.92. The number of hydrogen-bond acceptors (Lipinski definition) is 4. The molecule has 2 aromatic rings. The fourth-order valence-corrected chi connectivity index (χ4v) is 3.65. The molecule has 3 rings (SSSR count). The predicted octanol–water partition coefficient (Wildman–Crippen LogP) is 5.22. The molecule has 1 heterocycles. The van der Waals surface area contributed by atoms with Crippen LogP contribution in [0.5, 0.6) is 0 Å². The number of nitrogens with one attached hydrogen (secondary N) is 1. The summed E-state index contributed by atoms with van der Waals surface area (Å²) in [7, 11) is 0. The van der Waals surface area contributed by atoms with Gasteiger partial charge in [-0.05, 0) is 42.6 Å². The van der Waals surface area contributed by atoms with Crippen LogP contribution in [0.15, 0.2) is 53.4 Å². The van der Waals surface area contributed by atoms with Gasteiger partial charge < -0.3 is 0 Å². The van der Waals surface area contributed by atoms with Gasteiger partial charge in [-0.1, -0.05) is 59.2 Å². The number of para-hydroxylation sites is 1. The first-order valence-corrected chi connectivity index (χ1v) is 8.58. The lowest BCUT2D eigenvalue weighted by Gasteiger charge is -2.16. The quantitative estimate of drug-likeness (QED) is 0.584. The monoisotopic (exact) mass is 380 g/mol. The summed E-state index contributed by atoms with van der Waals surface area (Å²) in [5, 5.41) is 2.31. The number of halogens is 2. The van der Waals surface area contributed by atoms with E-state index >= 15 is 0 Å². The Hall–Kier alpha value is -1.53. The number of carbonyl (C=O) groups is 1. The van der Waals surface area contributed by atoms with Crippen molar-refractivity contribution in [1.82, 2.24) is 5.01 Å². The van der Waals surface area contributed by atoms with E-state index in [1.54, 1.807) is 24.3 Å². The molecule has 3 nitrogen and oxygen atoms in total. The first kappa shape index (κ1) is 16.3. The Labute approximate surface area is 153 Å². The number of rotatable bonds is 3. The average molecular weight is 381 g/mol. The lowest BCUT2D eigenvalue weighted by atomic mass is 10.2. The van der Waals surface area contributed by atoms with Crippen molar-refractivity contribution in [3.8, 4) is 0 Å². The standard InChI is InChI=1S/C16H10Cl2N2OS2/c17-12-7-4-8-13(18)11(12)9-14-15(21)20(16(22)23-14)19-10-5-2-1-3-6-10/h1-9,19H/b14-9+. The Morgan fingerprint density at radius 2 is 1.70 bits per heavy atom. The molecule has 1 aliphatic heterocycles. The Morgan fingerprint density at radius 3 is 2.35 bits per heavy atom. The summed E-state index contributed by atoms with van der Waals surface area (Å²) in [6.45, 7) is 0. The van der Waals surface area contributed by atoms with E-state index in [9.17, 15) is 4.79 Å². The summed E-state index contributed by atoms with van der Waals surface area (Å²) in [6, 6.07) is 14.6. The van der Waals surface area contributed by atoms with Crippen molar-refractivity contribution in [3.05, 3.63) is 69.0 Å². The SMILES string of the molecule is O=C1/C(=C\c2c(Cl)cccc2Cl)SC(=S)N1Nc1ccccc1. The van der Waals surface area contributed by atoms with E-state index in [4.69, 9.17) is 35.4 Å². The maximum Gasteiger partial charge on any atom is 0.285 e. The maximum absolute atomic E-state index is 12.5. The zero-order valence-electron chi connectivity index (χ0n) is 11.6. The van der Waals surface area contributed by atoms with Crippen molar-refractivity contribution in [2.24, 2.45) is 0 Å². The third kappa shape index (κ3) is 3.53. The molecule has 1 aliphatic rings. The molecule has 0 spiro atoms.